The summed E-state index contributed by atoms with van der Waals surface area (Å²) in [6.07, 6.45) is 1.58. The van der Waals surface area contributed by atoms with E-state index in [1.54, 1.807) is 19.2 Å². The molecular formula is C10H9ClN4O2. The minimum atomic E-state index is -0.502. The van der Waals surface area contributed by atoms with Gasteiger partial charge in [0.25, 0.3) is 5.69 Å². The zero-order valence-corrected chi connectivity index (χ0v) is 9.68. The molecule has 17 heavy (non-hydrogen) atoms. The van der Waals surface area contributed by atoms with Gasteiger partial charge in [-0.3, -0.25) is 10.1 Å². The third-order valence-electron chi connectivity index (χ3n) is 2.24. The van der Waals surface area contributed by atoms with Crippen LogP contribution in [0, 0.1) is 17.0 Å². The lowest BCUT2D eigenvalue weighted by Gasteiger charge is -2.02. The second-order valence-corrected chi connectivity index (χ2v) is 3.95. The molecule has 0 amide bonds. The van der Waals surface area contributed by atoms with Crippen molar-refractivity contribution in [3.8, 4) is 5.69 Å². The number of nitrogens with zero attached hydrogens (tertiary/aromatic N) is 3. The Hall–Kier alpha value is -2.08. The van der Waals surface area contributed by atoms with Gasteiger partial charge in [-0.05, 0) is 13.0 Å². The second-order valence-electron chi connectivity index (χ2n) is 3.55. The number of nitro benzene ring substituents is 1. The maximum absolute atomic E-state index is 10.7. The molecule has 2 aromatic rings. The van der Waals surface area contributed by atoms with Gasteiger partial charge >= 0.3 is 0 Å². The molecule has 0 fully saturated rings. The molecule has 2 rings (SSSR count). The maximum atomic E-state index is 10.7. The SMILES string of the molecule is Cc1nn(-c2cc(N)cc([N+](=O)[O-])c2)cc1Cl. The number of anilines is 1. The van der Waals surface area contributed by atoms with Crippen molar-refractivity contribution >= 4 is 23.0 Å². The Kier molecular flexibility index (Phi) is 2.72. The quantitative estimate of drug-likeness (QED) is 0.505. The predicted molar refractivity (Wildman–Crippen MR) is 64.4 cm³/mol. The van der Waals surface area contributed by atoms with Gasteiger partial charge in [0.2, 0.25) is 0 Å². The molecule has 1 heterocycles. The summed E-state index contributed by atoms with van der Waals surface area (Å²) < 4.78 is 1.46. The number of nitro groups is 1. The van der Waals surface area contributed by atoms with Crippen molar-refractivity contribution in [2.45, 2.75) is 6.92 Å². The van der Waals surface area contributed by atoms with E-state index in [4.69, 9.17) is 17.3 Å². The highest BCUT2D eigenvalue weighted by Crippen LogP contribution is 2.23. The lowest BCUT2D eigenvalue weighted by molar-refractivity contribution is -0.384. The number of aromatic nitrogens is 2. The van der Waals surface area contributed by atoms with Gasteiger partial charge in [0.05, 0.1) is 21.3 Å². The number of rotatable bonds is 2. The molecule has 88 valence electrons. The number of halogens is 1. The summed E-state index contributed by atoms with van der Waals surface area (Å²) >= 11 is 5.87. The predicted octanol–water partition coefficient (Wildman–Crippen LogP) is 2.32. The second kappa shape index (κ2) is 4.06. The summed E-state index contributed by atoms with van der Waals surface area (Å²) in [6.45, 7) is 1.75. The Balaban J connectivity index is 2.55. The Morgan fingerprint density at radius 1 is 1.47 bits per heavy atom. The number of aryl methyl sites for hydroxylation is 1. The van der Waals surface area contributed by atoms with E-state index in [2.05, 4.69) is 5.10 Å². The molecule has 0 unspecified atom stereocenters. The van der Waals surface area contributed by atoms with E-state index in [-0.39, 0.29) is 5.69 Å². The fourth-order valence-electron chi connectivity index (χ4n) is 1.43. The van der Waals surface area contributed by atoms with Gasteiger partial charge in [-0.1, -0.05) is 11.6 Å². The van der Waals surface area contributed by atoms with Gasteiger partial charge in [-0.15, -0.1) is 0 Å². The molecule has 0 aliphatic heterocycles. The average molecular weight is 253 g/mol. The van der Waals surface area contributed by atoms with Crippen LogP contribution in [0.5, 0.6) is 0 Å². The molecule has 0 atom stereocenters. The highest BCUT2D eigenvalue weighted by Gasteiger charge is 2.11. The van der Waals surface area contributed by atoms with Crippen LogP contribution in [0.2, 0.25) is 5.02 Å². The van der Waals surface area contributed by atoms with Crippen LogP contribution in [0.3, 0.4) is 0 Å². The van der Waals surface area contributed by atoms with Gasteiger partial charge in [0.15, 0.2) is 0 Å². The molecule has 0 radical (unpaired) electrons. The van der Waals surface area contributed by atoms with E-state index in [0.717, 1.165) is 0 Å². The zero-order valence-electron chi connectivity index (χ0n) is 8.92. The van der Waals surface area contributed by atoms with Crippen LogP contribution >= 0.6 is 11.6 Å². The van der Waals surface area contributed by atoms with Crippen molar-refractivity contribution in [1.29, 1.82) is 0 Å². The van der Waals surface area contributed by atoms with E-state index in [0.29, 0.717) is 22.1 Å². The van der Waals surface area contributed by atoms with Gasteiger partial charge in [-0.2, -0.15) is 5.10 Å². The number of benzene rings is 1. The van der Waals surface area contributed by atoms with Gasteiger partial charge in [-0.25, -0.2) is 4.68 Å². The molecule has 0 saturated heterocycles. The number of nitrogen functional groups attached to an aromatic ring is 1. The summed E-state index contributed by atoms with van der Waals surface area (Å²) in [7, 11) is 0. The Bertz CT molecular complexity index is 574. The maximum Gasteiger partial charge on any atom is 0.273 e. The van der Waals surface area contributed by atoms with Crippen molar-refractivity contribution < 1.29 is 4.92 Å². The minimum Gasteiger partial charge on any atom is -0.398 e. The first-order valence-corrected chi connectivity index (χ1v) is 5.12. The summed E-state index contributed by atoms with van der Waals surface area (Å²) in [6, 6.07) is 4.27. The lowest BCUT2D eigenvalue weighted by Crippen LogP contribution is -1.99. The number of hydrogen-bond donors (Lipinski definition) is 1. The van der Waals surface area contributed by atoms with Crippen LogP contribution in [-0.2, 0) is 0 Å². The monoisotopic (exact) mass is 252 g/mol. The van der Waals surface area contributed by atoms with E-state index >= 15 is 0 Å². The van der Waals surface area contributed by atoms with Crippen molar-refractivity contribution in [3.05, 3.63) is 45.2 Å². The molecule has 0 aliphatic carbocycles. The molecule has 0 spiro atoms. The Morgan fingerprint density at radius 3 is 2.71 bits per heavy atom. The molecule has 2 N–H and O–H groups in total. The van der Waals surface area contributed by atoms with Crippen LogP contribution in [0.1, 0.15) is 5.69 Å². The van der Waals surface area contributed by atoms with Crippen molar-refractivity contribution in [2.24, 2.45) is 0 Å². The van der Waals surface area contributed by atoms with Crippen molar-refractivity contribution in [3.63, 3.8) is 0 Å². The smallest absolute Gasteiger partial charge is 0.273 e. The third kappa shape index (κ3) is 2.21. The largest absolute Gasteiger partial charge is 0.398 e. The first kappa shape index (κ1) is 11.4. The van der Waals surface area contributed by atoms with Gasteiger partial charge in [0.1, 0.15) is 0 Å². The molecule has 0 aliphatic rings. The molecular weight excluding hydrogens is 244 g/mol. The normalized spacial score (nSPS) is 10.5. The number of nitrogens with two attached hydrogens (primary N) is 1. The topological polar surface area (TPSA) is 87.0 Å². The van der Waals surface area contributed by atoms with Crippen molar-refractivity contribution in [1.82, 2.24) is 9.78 Å². The number of hydrogen-bond acceptors (Lipinski definition) is 4. The number of non-ortho nitro benzene ring substituents is 1. The summed E-state index contributed by atoms with van der Waals surface area (Å²) in [4.78, 5) is 10.2. The van der Waals surface area contributed by atoms with Crippen LogP contribution in [0.25, 0.3) is 5.69 Å². The fraction of sp³-hybridized carbons (Fsp3) is 0.100. The van der Waals surface area contributed by atoms with Gasteiger partial charge < -0.3 is 5.73 Å². The molecule has 7 heteroatoms. The van der Waals surface area contributed by atoms with Crippen LogP contribution in [-0.4, -0.2) is 14.7 Å². The summed E-state index contributed by atoms with van der Waals surface area (Å²) in [5.74, 6) is 0. The lowest BCUT2D eigenvalue weighted by atomic mass is 10.2. The van der Waals surface area contributed by atoms with Crippen LogP contribution in [0.4, 0.5) is 11.4 Å². The van der Waals surface area contributed by atoms with E-state index in [1.165, 1.54) is 16.8 Å². The highest BCUT2D eigenvalue weighted by molar-refractivity contribution is 6.31. The van der Waals surface area contributed by atoms with E-state index < -0.39 is 4.92 Å². The highest BCUT2D eigenvalue weighted by atomic mass is 35.5. The fourth-order valence-corrected chi connectivity index (χ4v) is 1.56. The molecule has 0 bridgehead atoms. The first-order chi connectivity index (χ1) is 7.97. The minimum absolute atomic E-state index is 0.0794. The van der Waals surface area contributed by atoms with E-state index in [1.807, 2.05) is 0 Å². The third-order valence-corrected chi connectivity index (χ3v) is 2.61. The molecule has 0 saturated carbocycles. The Morgan fingerprint density at radius 2 is 2.18 bits per heavy atom. The first-order valence-electron chi connectivity index (χ1n) is 4.74. The standard InChI is InChI=1S/C10H9ClN4O2/c1-6-10(11)5-14(13-6)8-2-7(12)3-9(4-8)15(16)17/h2-5H,12H2,1H3. The molecule has 1 aromatic heterocycles. The molecule has 1 aromatic carbocycles. The average Bonchev–Trinajstić information content (AvgIpc) is 2.58. The summed E-state index contributed by atoms with van der Waals surface area (Å²) in [5, 5.41) is 15.3. The van der Waals surface area contributed by atoms with Gasteiger partial charge in [0, 0.05) is 24.0 Å². The van der Waals surface area contributed by atoms with E-state index in [9.17, 15) is 10.1 Å². The van der Waals surface area contributed by atoms with Crippen LogP contribution < -0.4 is 5.73 Å². The Labute approximate surface area is 102 Å². The molecule has 6 nitrogen and oxygen atoms in total. The zero-order chi connectivity index (χ0) is 12.6. The van der Waals surface area contributed by atoms with Crippen molar-refractivity contribution in [2.75, 3.05) is 5.73 Å². The van der Waals surface area contributed by atoms with Crippen LogP contribution in [0.15, 0.2) is 24.4 Å². The summed E-state index contributed by atoms with van der Waals surface area (Å²) in [5.41, 5.74) is 6.98.